The number of carbonyl (C=O) groups is 2. The van der Waals surface area contributed by atoms with Gasteiger partial charge in [0.25, 0.3) is 5.91 Å². The molecule has 1 N–H and O–H groups in total. The first-order chi connectivity index (χ1) is 12.3. The van der Waals surface area contributed by atoms with Crippen molar-refractivity contribution in [1.29, 1.82) is 0 Å². The van der Waals surface area contributed by atoms with E-state index in [0.29, 0.717) is 10.8 Å². The highest BCUT2D eigenvalue weighted by atomic mass is 32.1. The first kappa shape index (κ1) is 18.5. The Morgan fingerprint density at radius 2 is 2.00 bits per heavy atom. The van der Waals surface area contributed by atoms with Crippen LogP contribution in [0.2, 0.25) is 0 Å². The second kappa shape index (κ2) is 7.53. The number of thiophene rings is 1. The second-order valence-corrected chi connectivity index (χ2v) is 7.68. The lowest BCUT2D eigenvalue weighted by Gasteiger charge is -2.16. The van der Waals surface area contributed by atoms with Crippen LogP contribution in [0.25, 0.3) is 0 Å². The molecule has 2 atom stereocenters. The summed E-state index contributed by atoms with van der Waals surface area (Å²) in [5, 5.41) is 2.13. The topological polar surface area (TPSA) is 55.4 Å². The lowest BCUT2D eigenvalue weighted by molar-refractivity contribution is -0.123. The summed E-state index contributed by atoms with van der Waals surface area (Å²) in [6.45, 7) is 3.54. The molecule has 1 aromatic heterocycles. The van der Waals surface area contributed by atoms with Gasteiger partial charge in [-0.2, -0.15) is 0 Å². The molecule has 0 spiro atoms. The minimum atomic E-state index is -1.18. The van der Waals surface area contributed by atoms with Gasteiger partial charge in [-0.25, -0.2) is 13.6 Å². The van der Waals surface area contributed by atoms with Gasteiger partial charge in [0.05, 0.1) is 0 Å². The summed E-state index contributed by atoms with van der Waals surface area (Å²) in [4.78, 5) is 26.0. The van der Waals surface area contributed by atoms with Gasteiger partial charge in [0.2, 0.25) is 0 Å². The van der Waals surface area contributed by atoms with Crippen LogP contribution in [-0.2, 0) is 22.4 Å². The molecule has 2 aromatic rings. The number of ether oxygens (including phenoxy) is 1. The molecule has 0 bridgehead atoms. The Hall–Kier alpha value is -2.28. The van der Waals surface area contributed by atoms with Gasteiger partial charge >= 0.3 is 5.97 Å². The van der Waals surface area contributed by atoms with Crippen LogP contribution in [0.5, 0.6) is 0 Å². The highest BCUT2D eigenvalue weighted by molar-refractivity contribution is 7.14. The molecule has 0 fully saturated rings. The van der Waals surface area contributed by atoms with Crippen molar-refractivity contribution in [2.45, 2.75) is 39.2 Å². The normalized spacial score (nSPS) is 17.3. The Morgan fingerprint density at radius 1 is 1.31 bits per heavy atom. The molecule has 26 heavy (non-hydrogen) atoms. The zero-order chi connectivity index (χ0) is 18.8. The molecule has 0 saturated heterocycles. The second-order valence-electron chi connectivity index (χ2n) is 6.54. The highest BCUT2D eigenvalue weighted by Gasteiger charge is 2.25. The van der Waals surface area contributed by atoms with Crippen LogP contribution < -0.4 is 5.32 Å². The molecule has 1 heterocycles. The number of hydrogen-bond donors (Lipinski definition) is 1. The largest absolute Gasteiger partial charge is 0.448 e. The van der Waals surface area contributed by atoms with Crippen molar-refractivity contribution in [2.75, 3.05) is 5.32 Å². The predicted molar refractivity (Wildman–Crippen MR) is 95.4 cm³/mol. The summed E-state index contributed by atoms with van der Waals surface area (Å²) in [6, 6.07) is 5.08. The van der Waals surface area contributed by atoms with Gasteiger partial charge in [-0.1, -0.05) is 13.0 Å². The number of carbonyl (C=O) groups excluding carboxylic acids is 2. The molecule has 1 aromatic carbocycles. The quantitative estimate of drug-likeness (QED) is 0.805. The molecule has 0 radical (unpaired) electrons. The summed E-state index contributed by atoms with van der Waals surface area (Å²) in [5.74, 6) is -2.60. The van der Waals surface area contributed by atoms with E-state index in [1.165, 1.54) is 29.2 Å². The van der Waals surface area contributed by atoms with Crippen LogP contribution in [0.1, 0.15) is 40.4 Å². The minimum Gasteiger partial charge on any atom is -0.448 e. The van der Waals surface area contributed by atoms with E-state index in [-0.39, 0.29) is 0 Å². The number of anilines is 1. The monoisotopic (exact) mass is 379 g/mol. The fourth-order valence-corrected chi connectivity index (χ4v) is 4.01. The summed E-state index contributed by atoms with van der Waals surface area (Å²) < 4.78 is 32.4. The van der Waals surface area contributed by atoms with Crippen molar-refractivity contribution in [3.8, 4) is 0 Å². The maximum atomic E-state index is 13.6. The van der Waals surface area contributed by atoms with Crippen LogP contribution in [-0.4, -0.2) is 18.0 Å². The van der Waals surface area contributed by atoms with E-state index < -0.39 is 35.3 Å². The number of para-hydroxylation sites is 1. The number of benzene rings is 1. The number of nitrogens with one attached hydrogen (secondary N) is 1. The van der Waals surface area contributed by atoms with Crippen LogP contribution in [0.3, 0.4) is 0 Å². The average molecular weight is 379 g/mol. The Kier molecular flexibility index (Phi) is 5.36. The molecule has 0 aliphatic heterocycles. The molecule has 4 nitrogen and oxygen atoms in total. The number of hydrogen-bond acceptors (Lipinski definition) is 4. The molecule has 7 heteroatoms. The molecule has 138 valence electrons. The van der Waals surface area contributed by atoms with Crippen LogP contribution in [0, 0.1) is 17.6 Å². The zero-order valence-electron chi connectivity index (χ0n) is 14.5. The number of rotatable bonds is 4. The number of aryl methyl sites for hydroxylation is 1. The van der Waals surface area contributed by atoms with Crippen LogP contribution in [0.4, 0.5) is 14.5 Å². The van der Waals surface area contributed by atoms with E-state index in [0.717, 1.165) is 37.0 Å². The zero-order valence-corrected chi connectivity index (χ0v) is 15.3. The van der Waals surface area contributed by atoms with Gasteiger partial charge in [-0.3, -0.25) is 4.79 Å². The third-order valence-electron chi connectivity index (χ3n) is 4.39. The van der Waals surface area contributed by atoms with E-state index in [4.69, 9.17) is 4.74 Å². The van der Waals surface area contributed by atoms with E-state index in [2.05, 4.69) is 12.2 Å². The van der Waals surface area contributed by atoms with Crippen molar-refractivity contribution in [3.05, 3.63) is 51.2 Å². The van der Waals surface area contributed by atoms with E-state index in [1.807, 2.05) is 6.07 Å². The molecule has 1 aliphatic carbocycles. The Balaban J connectivity index is 1.65. The lowest BCUT2D eigenvalue weighted by atomic mass is 9.90. The smallest absolute Gasteiger partial charge is 0.349 e. The van der Waals surface area contributed by atoms with Crippen molar-refractivity contribution < 1.29 is 23.1 Å². The van der Waals surface area contributed by atoms with Crippen molar-refractivity contribution in [3.63, 3.8) is 0 Å². The molecule has 0 saturated carbocycles. The van der Waals surface area contributed by atoms with Gasteiger partial charge in [0.1, 0.15) is 22.2 Å². The number of fused-ring (bicyclic) bond motifs is 1. The van der Waals surface area contributed by atoms with Gasteiger partial charge in [-0.15, -0.1) is 11.3 Å². The van der Waals surface area contributed by atoms with Crippen molar-refractivity contribution in [2.24, 2.45) is 5.92 Å². The third-order valence-corrected chi connectivity index (χ3v) is 5.61. The van der Waals surface area contributed by atoms with E-state index in [1.54, 1.807) is 0 Å². The number of amides is 1. The lowest BCUT2D eigenvalue weighted by Crippen LogP contribution is -2.30. The Morgan fingerprint density at radius 3 is 2.69 bits per heavy atom. The molecule has 0 unspecified atom stereocenters. The third kappa shape index (κ3) is 3.93. The number of esters is 1. The average Bonchev–Trinajstić information content (AvgIpc) is 3.01. The van der Waals surface area contributed by atoms with Crippen molar-refractivity contribution in [1.82, 2.24) is 0 Å². The molecule has 1 aliphatic rings. The summed E-state index contributed by atoms with van der Waals surface area (Å²) in [6.07, 6.45) is 1.79. The van der Waals surface area contributed by atoms with E-state index >= 15 is 0 Å². The van der Waals surface area contributed by atoms with Crippen LogP contribution >= 0.6 is 11.3 Å². The van der Waals surface area contributed by atoms with Gasteiger partial charge in [-0.05, 0) is 55.9 Å². The number of halogens is 2. The maximum absolute atomic E-state index is 13.6. The summed E-state index contributed by atoms with van der Waals surface area (Å²) in [5.41, 5.74) is 0.604. The van der Waals surface area contributed by atoms with Gasteiger partial charge < -0.3 is 10.1 Å². The molecular weight excluding hydrogens is 360 g/mol. The maximum Gasteiger partial charge on any atom is 0.349 e. The van der Waals surface area contributed by atoms with Gasteiger partial charge in [0.15, 0.2) is 6.10 Å². The van der Waals surface area contributed by atoms with Gasteiger partial charge in [0, 0.05) is 4.88 Å². The first-order valence-corrected chi connectivity index (χ1v) is 9.24. The van der Waals surface area contributed by atoms with E-state index in [9.17, 15) is 18.4 Å². The molecule has 3 rings (SSSR count). The van der Waals surface area contributed by atoms with Crippen molar-refractivity contribution >= 4 is 28.9 Å². The minimum absolute atomic E-state index is 0.445. The predicted octanol–water partition coefficient (Wildman–Crippen LogP) is 4.34. The Labute approximate surface area is 154 Å². The standard InChI is InChI=1S/C19H19F2NO3S/c1-10-6-7-15-12(8-10)9-16(26-15)19(24)25-11(2)18(23)22-17-13(20)4-3-5-14(17)21/h3-5,9-11H,6-8H2,1-2H3,(H,22,23)/t10-,11-/m1/s1. The fraction of sp³-hybridized carbons (Fsp3) is 0.368. The summed E-state index contributed by atoms with van der Waals surface area (Å²) >= 11 is 1.38. The SMILES string of the molecule is C[C@@H]1CCc2sc(C(=O)O[C@H](C)C(=O)Nc3c(F)cccc3F)cc2C1. The molecule has 1 amide bonds. The molecular formula is C19H19F2NO3S. The Bertz CT molecular complexity index is 829. The summed E-state index contributed by atoms with van der Waals surface area (Å²) in [7, 11) is 0. The van der Waals surface area contributed by atoms with Crippen LogP contribution in [0.15, 0.2) is 24.3 Å². The first-order valence-electron chi connectivity index (χ1n) is 8.42. The fourth-order valence-electron chi connectivity index (χ4n) is 2.92. The highest BCUT2D eigenvalue weighted by Crippen LogP contribution is 2.32.